The Balaban J connectivity index is 1.23. The van der Waals surface area contributed by atoms with Gasteiger partial charge in [-0.05, 0) is 30.7 Å². The van der Waals surface area contributed by atoms with Gasteiger partial charge in [-0.15, -0.1) is 11.8 Å². The van der Waals surface area contributed by atoms with Crippen LogP contribution in [0, 0.1) is 0 Å². The van der Waals surface area contributed by atoms with Crippen molar-refractivity contribution in [3.63, 3.8) is 0 Å². The highest BCUT2D eigenvalue weighted by molar-refractivity contribution is 8.01. The lowest BCUT2D eigenvalue weighted by molar-refractivity contribution is 0.0237. The number of hydrogen-bond donors (Lipinski definition) is 0. The van der Waals surface area contributed by atoms with E-state index in [1.54, 1.807) is 6.26 Å². The van der Waals surface area contributed by atoms with Crippen molar-refractivity contribution in [2.45, 2.75) is 30.4 Å². The van der Waals surface area contributed by atoms with Gasteiger partial charge in [0.1, 0.15) is 5.76 Å². The van der Waals surface area contributed by atoms with Crippen molar-refractivity contribution in [2.24, 2.45) is 0 Å². The molecular formula is C17H20N2O2S. The molecule has 116 valence electrons. The van der Waals surface area contributed by atoms with E-state index in [-0.39, 0.29) is 0 Å². The minimum absolute atomic E-state index is 0.359. The number of rotatable bonds is 5. The van der Waals surface area contributed by atoms with Crippen molar-refractivity contribution < 1.29 is 9.15 Å². The van der Waals surface area contributed by atoms with E-state index in [0.717, 1.165) is 43.3 Å². The van der Waals surface area contributed by atoms with E-state index < -0.39 is 0 Å². The first-order valence-electron chi connectivity index (χ1n) is 7.72. The van der Waals surface area contributed by atoms with E-state index in [0.29, 0.717) is 17.5 Å². The summed E-state index contributed by atoms with van der Waals surface area (Å²) in [4.78, 5) is 6.76. The zero-order chi connectivity index (χ0) is 14.8. The van der Waals surface area contributed by atoms with Gasteiger partial charge in [0.25, 0.3) is 0 Å². The van der Waals surface area contributed by atoms with E-state index in [9.17, 15) is 0 Å². The van der Waals surface area contributed by atoms with Crippen LogP contribution in [0.25, 0.3) is 0 Å². The van der Waals surface area contributed by atoms with Gasteiger partial charge in [-0.2, -0.15) is 0 Å². The third-order valence-electron chi connectivity index (χ3n) is 4.35. The van der Waals surface area contributed by atoms with E-state index in [1.165, 1.54) is 0 Å². The van der Waals surface area contributed by atoms with Crippen LogP contribution < -0.4 is 0 Å². The van der Waals surface area contributed by atoms with E-state index in [2.05, 4.69) is 21.6 Å². The maximum atomic E-state index is 6.04. The number of thioether (sulfide) groups is 1. The molecule has 2 aromatic rings. The van der Waals surface area contributed by atoms with Gasteiger partial charge in [-0.3, -0.25) is 9.88 Å². The molecule has 0 aromatic carbocycles. The quantitative estimate of drug-likeness (QED) is 0.848. The first-order valence-corrected chi connectivity index (χ1v) is 8.70. The number of hydrogen-bond acceptors (Lipinski definition) is 5. The minimum atomic E-state index is 0.359. The predicted molar refractivity (Wildman–Crippen MR) is 86.6 cm³/mol. The van der Waals surface area contributed by atoms with Crippen molar-refractivity contribution in [1.29, 1.82) is 0 Å². The van der Waals surface area contributed by atoms with Crippen LogP contribution in [-0.2, 0) is 17.9 Å². The Kier molecular flexibility index (Phi) is 3.94. The second-order valence-corrected chi connectivity index (χ2v) is 7.66. The van der Waals surface area contributed by atoms with Gasteiger partial charge in [0.2, 0.25) is 0 Å². The molecule has 5 heteroatoms. The summed E-state index contributed by atoms with van der Waals surface area (Å²) in [6, 6.07) is 9.97. The molecule has 0 aliphatic carbocycles. The molecule has 2 saturated heterocycles. The lowest BCUT2D eigenvalue weighted by Gasteiger charge is -2.47. The van der Waals surface area contributed by atoms with Crippen molar-refractivity contribution in [2.75, 3.05) is 18.8 Å². The second kappa shape index (κ2) is 6.07. The Morgan fingerprint density at radius 3 is 3.05 bits per heavy atom. The van der Waals surface area contributed by atoms with E-state index >= 15 is 0 Å². The Hall–Kier alpha value is -1.30. The Morgan fingerprint density at radius 1 is 1.32 bits per heavy atom. The number of pyridine rings is 1. The maximum Gasteiger partial charge on any atom is 0.117 e. The number of nitrogens with zero attached hydrogens (tertiary/aromatic N) is 2. The average molecular weight is 316 g/mol. The largest absolute Gasteiger partial charge is 0.468 e. The average Bonchev–Trinajstić information content (AvgIpc) is 3.16. The molecular weight excluding hydrogens is 296 g/mol. The fraction of sp³-hybridized carbons (Fsp3) is 0.471. The van der Waals surface area contributed by atoms with E-state index in [1.807, 2.05) is 36.5 Å². The van der Waals surface area contributed by atoms with Gasteiger partial charge >= 0.3 is 0 Å². The molecule has 22 heavy (non-hydrogen) atoms. The van der Waals surface area contributed by atoms with Crippen LogP contribution >= 0.6 is 11.8 Å². The predicted octanol–water partition coefficient (Wildman–Crippen LogP) is 2.95. The lowest BCUT2D eigenvalue weighted by atomic mass is 9.93. The number of furan rings is 1. The van der Waals surface area contributed by atoms with Crippen molar-refractivity contribution >= 4 is 11.8 Å². The van der Waals surface area contributed by atoms with Crippen molar-refractivity contribution in [1.82, 2.24) is 9.88 Å². The molecule has 0 amide bonds. The zero-order valence-corrected chi connectivity index (χ0v) is 13.3. The summed E-state index contributed by atoms with van der Waals surface area (Å²) in [5.41, 5.74) is 1.02. The summed E-state index contributed by atoms with van der Waals surface area (Å²) >= 11 is 2.07. The summed E-state index contributed by atoms with van der Waals surface area (Å²) in [5.74, 6) is 2.15. The molecule has 2 fully saturated rings. The van der Waals surface area contributed by atoms with Crippen LogP contribution in [0.15, 0.2) is 47.2 Å². The van der Waals surface area contributed by atoms with Gasteiger partial charge < -0.3 is 9.15 Å². The summed E-state index contributed by atoms with van der Waals surface area (Å²) in [7, 11) is 0. The van der Waals surface area contributed by atoms with Crippen LogP contribution in [0.2, 0.25) is 0 Å². The lowest BCUT2D eigenvalue weighted by Crippen LogP contribution is -2.58. The molecule has 4 nitrogen and oxygen atoms in total. The van der Waals surface area contributed by atoms with Gasteiger partial charge in [-0.25, -0.2) is 0 Å². The molecule has 2 aliphatic rings. The monoisotopic (exact) mass is 316 g/mol. The molecule has 0 radical (unpaired) electrons. The first-order chi connectivity index (χ1) is 10.8. The molecule has 0 N–H and O–H groups in total. The molecule has 4 rings (SSSR count). The van der Waals surface area contributed by atoms with Gasteiger partial charge in [-0.1, -0.05) is 6.07 Å². The molecule has 0 unspecified atom stereocenters. The molecule has 2 aliphatic heterocycles. The summed E-state index contributed by atoms with van der Waals surface area (Å²) in [6.07, 6.45) is 5.08. The first kappa shape index (κ1) is 14.3. The summed E-state index contributed by atoms with van der Waals surface area (Å²) in [5, 5.41) is 0. The standard InChI is InChI=1S/C17H20N2O2S/c1-2-6-18-14(4-1)10-21-16-8-17(22-11-16)12-19(13-17)9-15-5-3-7-20-15/h1-7,16H,8-13H2/t16-/m0/s1. The summed E-state index contributed by atoms with van der Waals surface area (Å²) in [6.45, 7) is 3.83. The van der Waals surface area contributed by atoms with Crippen LogP contribution in [0.1, 0.15) is 17.9 Å². The van der Waals surface area contributed by atoms with Crippen molar-refractivity contribution in [3.8, 4) is 0 Å². The highest BCUT2D eigenvalue weighted by atomic mass is 32.2. The van der Waals surface area contributed by atoms with Crippen LogP contribution in [0.3, 0.4) is 0 Å². The highest BCUT2D eigenvalue weighted by Crippen LogP contribution is 2.46. The highest BCUT2D eigenvalue weighted by Gasteiger charge is 2.49. The molecule has 0 saturated carbocycles. The molecule has 1 atom stereocenters. The number of likely N-dealkylation sites (tertiary alicyclic amines) is 1. The third-order valence-corrected chi connectivity index (χ3v) is 5.93. The fourth-order valence-electron chi connectivity index (χ4n) is 3.32. The van der Waals surface area contributed by atoms with Gasteiger partial charge in [0, 0.05) is 29.8 Å². The van der Waals surface area contributed by atoms with Crippen molar-refractivity contribution in [3.05, 3.63) is 54.2 Å². The van der Waals surface area contributed by atoms with Gasteiger partial charge in [0.05, 0.1) is 31.2 Å². The summed E-state index contributed by atoms with van der Waals surface area (Å²) < 4.78 is 11.9. The minimum Gasteiger partial charge on any atom is -0.468 e. The Morgan fingerprint density at radius 2 is 2.27 bits per heavy atom. The molecule has 1 spiro atoms. The maximum absolute atomic E-state index is 6.04. The van der Waals surface area contributed by atoms with Crippen LogP contribution in [-0.4, -0.2) is 39.6 Å². The molecule has 0 bridgehead atoms. The van der Waals surface area contributed by atoms with Crippen LogP contribution in [0.4, 0.5) is 0 Å². The number of aromatic nitrogens is 1. The Bertz CT molecular complexity index is 596. The number of ether oxygens (including phenoxy) is 1. The smallest absolute Gasteiger partial charge is 0.117 e. The van der Waals surface area contributed by atoms with Gasteiger partial charge in [0.15, 0.2) is 0 Å². The molecule has 2 aromatic heterocycles. The molecule has 4 heterocycles. The Labute approximate surface area is 134 Å². The fourth-order valence-corrected chi connectivity index (χ4v) is 4.93. The van der Waals surface area contributed by atoms with E-state index in [4.69, 9.17) is 9.15 Å². The normalized spacial score (nSPS) is 23.7. The van der Waals surface area contributed by atoms with Crippen LogP contribution in [0.5, 0.6) is 0 Å². The SMILES string of the molecule is c1ccc(CO[C@@H]2CSC3(C2)CN(Cc2ccco2)C3)nc1. The second-order valence-electron chi connectivity index (χ2n) is 6.18. The topological polar surface area (TPSA) is 38.5 Å². The third kappa shape index (κ3) is 3.07. The zero-order valence-electron chi connectivity index (χ0n) is 12.5.